The summed E-state index contributed by atoms with van der Waals surface area (Å²) in [5.41, 5.74) is 0.979. The van der Waals surface area contributed by atoms with Gasteiger partial charge in [0.2, 0.25) is 0 Å². The Bertz CT molecular complexity index is 350. The van der Waals surface area contributed by atoms with Gasteiger partial charge in [-0.25, -0.2) is 4.39 Å². The van der Waals surface area contributed by atoms with Crippen LogP contribution in [-0.4, -0.2) is 39.7 Å². The molecule has 0 bridgehead atoms. The van der Waals surface area contributed by atoms with E-state index in [1.165, 1.54) is 6.07 Å². The molecule has 0 saturated carbocycles. The van der Waals surface area contributed by atoms with Crippen LogP contribution in [0.2, 0.25) is 0 Å². The topological polar surface area (TPSA) is 30.5 Å². The van der Waals surface area contributed by atoms with E-state index in [0.29, 0.717) is 19.8 Å². The highest BCUT2D eigenvalue weighted by Gasteiger charge is 2.04. The molecule has 0 heterocycles. The first kappa shape index (κ1) is 15.4. The third-order valence-corrected chi connectivity index (χ3v) is 3.45. The fourth-order valence-corrected chi connectivity index (χ4v) is 2.41. The highest BCUT2D eigenvalue weighted by molar-refractivity contribution is 7.99. The molecule has 0 aliphatic rings. The lowest BCUT2D eigenvalue weighted by atomic mass is 10.2. The molecule has 3 nitrogen and oxygen atoms in total. The third-order valence-electron chi connectivity index (χ3n) is 2.37. The van der Waals surface area contributed by atoms with E-state index >= 15 is 0 Å². The van der Waals surface area contributed by atoms with Crippen LogP contribution in [-0.2, 0) is 16.0 Å². The van der Waals surface area contributed by atoms with Gasteiger partial charge in [-0.05, 0) is 23.8 Å². The van der Waals surface area contributed by atoms with Gasteiger partial charge in [0.15, 0.2) is 0 Å². The van der Waals surface area contributed by atoms with Crippen molar-refractivity contribution in [3.05, 3.63) is 29.6 Å². The summed E-state index contributed by atoms with van der Waals surface area (Å²) in [7, 11) is 3.34. The summed E-state index contributed by atoms with van der Waals surface area (Å²) in [6.07, 6.45) is 0. The minimum atomic E-state index is -0.199. The number of hydrogen-bond acceptors (Lipinski definition) is 4. The van der Waals surface area contributed by atoms with Crippen molar-refractivity contribution in [3.63, 3.8) is 0 Å². The second kappa shape index (κ2) is 9.33. The molecule has 0 aromatic heterocycles. The van der Waals surface area contributed by atoms with Crippen LogP contribution >= 0.6 is 11.8 Å². The zero-order chi connectivity index (χ0) is 13.2. The van der Waals surface area contributed by atoms with Crippen LogP contribution in [0.1, 0.15) is 5.56 Å². The molecule has 0 aliphatic heterocycles. The van der Waals surface area contributed by atoms with Gasteiger partial charge in [0, 0.05) is 38.0 Å². The minimum Gasteiger partial charge on any atom is -0.384 e. The first-order valence-corrected chi connectivity index (χ1v) is 6.86. The lowest BCUT2D eigenvalue weighted by Gasteiger charge is -2.10. The van der Waals surface area contributed by atoms with Crippen molar-refractivity contribution in [1.29, 1.82) is 0 Å². The average Bonchev–Trinajstić information content (AvgIpc) is 2.37. The molecule has 5 heteroatoms. The van der Waals surface area contributed by atoms with Gasteiger partial charge in [-0.2, -0.15) is 0 Å². The number of ether oxygens (including phenoxy) is 2. The summed E-state index contributed by atoms with van der Waals surface area (Å²) >= 11 is 1.68. The lowest BCUT2D eigenvalue weighted by Crippen LogP contribution is -2.19. The van der Waals surface area contributed by atoms with E-state index in [4.69, 9.17) is 9.47 Å². The van der Waals surface area contributed by atoms with Gasteiger partial charge in [-0.15, -0.1) is 11.8 Å². The van der Waals surface area contributed by atoms with Crippen molar-refractivity contribution in [2.24, 2.45) is 0 Å². The molecule has 1 aromatic carbocycles. The standard InChI is InChI=1S/C13H20FNO2S/c1-16-6-5-15-10-11-9-12(14)3-4-13(11)18-8-7-17-2/h3-4,9,15H,5-8,10H2,1-2H3. The Labute approximate surface area is 112 Å². The van der Waals surface area contributed by atoms with Crippen molar-refractivity contribution < 1.29 is 13.9 Å². The van der Waals surface area contributed by atoms with Gasteiger partial charge in [0.1, 0.15) is 5.82 Å². The summed E-state index contributed by atoms with van der Waals surface area (Å²) in [4.78, 5) is 1.10. The van der Waals surface area contributed by atoms with Crippen LogP contribution in [0.5, 0.6) is 0 Å². The van der Waals surface area contributed by atoms with E-state index in [9.17, 15) is 4.39 Å². The number of methoxy groups -OCH3 is 2. The van der Waals surface area contributed by atoms with E-state index in [0.717, 1.165) is 22.8 Å². The quantitative estimate of drug-likeness (QED) is 0.552. The van der Waals surface area contributed by atoms with Gasteiger partial charge in [-0.1, -0.05) is 0 Å². The van der Waals surface area contributed by atoms with Crippen LogP contribution < -0.4 is 5.32 Å². The van der Waals surface area contributed by atoms with Crippen LogP contribution in [0.4, 0.5) is 4.39 Å². The molecule has 0 atom stereocenters. The Morgan fingerprint density at radius 2 is 2.00 bits per heavy atom. The molecule has 0 fully saturated rings. The van der Waals surface area contributed by atoms with Gasteiger partial charge in [0.25, 0.3) is 0 Å². The summed E-state index contributed by atoms with van der Waals surface area (Å²) < 4.78 is 23.2. The number of thioether (sulfide) groups is 1. The first-order valence-electron chi connectivity index (χ1n) is 5.87. The van der Waals surface area contributed by atoms with Crippen LogP contribution in [0, 0.1) is 5.82 Å². The van der Waals surface area contributed by atoms with E-state index < -0.39 is 0 Å². The molecule has 0 aliphatic carbocycles. The summed E-state index contributed by atoms with van der Waals surface area (Å²) in [5, 5.41) is 3.22. The smallest absolute Gasteiger partial charge is 0.123 e. The Hall–Kier alpha value is -0.620. The Kier molecular flexibility index (Phi) is 8.00. The maximum Gasteiger partial charge on any atom is 0.123 e. The maximum absolute atomic E-state index is 13.2. The fourth-order valence-electron chi connectivity index (χ4n) is 1.46. The highest BCUT2D eigenvalue weighted by atomic mass is 32.2. The summed E-state index contributed by atoms with van der Waals surface area (Å²) in [6, 6.07) is 4.89. The maximum atomic E-state index is 13.2. The van der Waals surface area contributed by atoms with Gasteiger partial charge < -0.3 is 14.8 Å². The second-order valence-electron chi connectivity index (χ2n) is 3.76. The van der Waals surface area contributed by atoms with Crippen LogP contribution in [0.25, 0.3) is 0 Å². The monoisotopic (exact) mass is 273 g/mol. The predicted molar refractivity (Wildman–Crippen MR) is 72.6 cm³/mol. The number of hydrogen-bond donors (Lipinski definition) is 1. The predicted octanol–water partition coefficient (Wildman–Crippen LogP) is 2.30. The number of benzene rings is 1. The molecular weight excluding hydrogens is 253 g/mol. The van der Waals surface area contributed by atoms with Crippen molar-refractivity contribution in [2.45, 2.75) is 11.4 Å². The number of halogens is 1. The van der Waals surface area contributed by atoms with Crippen LogP contribution in [0.15, 0.2) is 23.1 Å². The van der Waals surface area contributed by atoms with Crippen molar-refractivity contribution >= 4 is 11.8 Å². The molecule has 1 aromatic rings. The third kappa shape index (κ3) is 5.82. The van der Waals surface area contributed by atoms with Gasteiger partial charge in [0.05, 0.1) is 13.2 Å². The highest BCUT2D eigenvalue weighted by Crippen LogP contribution is 2.23. The van der Waals surface area contributed by atoms with E-state index in [1.54, 1.807) is 32.0 Å². The van der Waals surface area contributed by atoms with Crippen molar-refractivity contribution in [2.75, 3.05) is 39.7 Å². The minimum absolute atomic E-state index is 0.199. The Morgan fingerprint density at radius 3 is 2.72 bits per heavy atom. The molecular formula is C13H20FNO2S. The molecule has 102 valence electrons. The van der Waals surface area contributed by atoms with Crippen molar-refractivity contribution in [3.8, 4) is 0 Å². The van der Waals surface area contributed by atoms with E-state index in [2.05, 4.69) is 5.32 Å². The second-order valence-corrected chi connectivity index (χ2v) is 4.90. The SMILES string of the molecule is COCCNCc1cc(F)ccc1SCCOC. The molecule has 0 saturated heterocycles. The zero-order valence-corrected chi connectivity index (χ0v) is 11.7. The molecule has 1 rings (SSSR count). The molecule has 1 N–H and O–H groups in total. The molecule has 0 spiro atoms. The summed E-state index contributed by atoms with van der Waals surface area (Å²) in [5.74, 6) is 0.669. The number of nitrogens with one attached hydrogen (secondary N) is 1. The normalized spacial score (nSPS) is 10.8. The Balaban J connectivity index is 2.53. The van der Waals surface area contributed by atoms with E-state index in [1.807, 2.05) is 6.07 Å². The summed E-state index contributed by atoms with van der Waals surface area (Å²) in [6.45, 7) is 2.76. The molecule has 0 amide bonds. The molecule has 0 radical (unpaired) electrons. The zero-order valence-electron chi connectivity index (χ0n) is 10.9. The number of rotatable bonds is 9. The fraction of sp³-hybridized carbons (Fsp3) is 0.538. The van der Waals surface area contributed by atoms with Gasteiger partial charge in [-0.3, -0.25) is 0 Å². The Morgan fingerprint density at radius 1 is 1.22 bits per heavy atom. The molecule has 0 unspecified atom stereocenters. The molecule has 18 heavy (non-hydrogen) atoms. The van der Waals surface area contributed by atoms with Crippen LogP contribution in [0.3, 0.4) is 0 Å². The lowest BCUT2D eigenvalue weighted by molar-refractivity contribution is 0.199. The average molecular weight is 273 g/mol. The van der Waals surface area contributed by atoms with E-state index in [-0.39, 0.29) is 5.82 Å². The largest absolute Gasteiger partial charge is 0.384 e. The van der Waals surface area contributed by atoms with Crippen molar-refractivity contribution in [1.82, 2.24) is 5.32 Å². The first-order chi connectivity index (χ1) is 8.77. The van der Waals surface area contributed by atoms with Gasteiger partial charge >= 0.3 is 0 Å².